The molecule has 2 amide bonds. The molecule has 2 fully saturated rings. The summed E-state index contributed by atoms with van der Waals surface area (Å²) in [6.07, 6.45) is 2.14. The fourth-order valence-corrected chi connectivity index (χ4v) is 6.23. The molecule has 8 heteroatoms. The van der Waals surface area contributed by atoms with Crippen molar-refractivity contribution in [3.8, 4) is 10.4 Å². The van der Waals surface area contributed by atoms with Crippen LogP contribution in [0.4, 0.5) is 5.00 Å². The molecule has 0 radical (unpaired) electrons. The maximum absolute atomic E-state index is 13.5. The number of ether oxygens (including phenoxy) is 1. The molecule has 3 heterocycles. The van der Waals surface area contributed by atoms with Crippen molar-refractivity contribution in [3.05, 3.63) is 41.5 Å². The van der Waals surface area contributed by atoms with Gasteiger partial charge in [-0.05, 0) is 64.9 Å². The smallest absolute Gasteiger partial charge is 0.257 e. The first kappa shape index (κ1) is 25.8. The second kappa shape index (κ2) is 11.6. The summed E-state index contributed by atoms with van der Waals surface area (Å²) in [4.78, 5) is 34.2. The lowest BCUT2D eigenvalue weighted by molar-refractivity contribution is -0.117. The van der Waals surface area contributed by atoms with E-state index in [1.807, 2.05) is 49.2 Å². The topological polar surface area (TPSA) is 65.1 Å². The summed E-state index contributed by atoms with van der Waals surface area (Å²) < 4.78 is 5.44. The number of carbonyl (C=O) groups is 2. The number of likely N-dealkylation sites (tertiary alicyclic amines) is 1. The average Bonchev–Trinajstić information content (AvgIpc) is 3.19. The van der Waals surface area contributed by atoms with Crippen LogP contribution in [-0.2, 0) is 9.53 Å². The molecule has 1 N–H and O–H groups in total. The Kier molecular flexibility index (Phi) is 8.59. The quantitative estimate of drug-likeness (QED) is 0.627. The normalized spacial score (nSPS) is 17.8. The van der Waals surface area contributed by atoms with Crippen LogP contribution in [0.5, 0.6) is 0 Å². The van der Waals surface area contributed by atoms with Gasteiger partial charge in [-0.1, -0.05) is 30.3 Å². The number of anilines is 1. The predicted molar refractivity (Wildman–Crippen MR) is 142 cm³/mol. The number of piperidine rings is 1. The number of thiophene rings is 1. The van der Waals surface area contributed by atoms with E-state index in [0.29, 0.717) is 55.5 Å². The molecule has 190 valence electrons. The first-order valence-electron chi connectivity index (χ1n) is 12.6. The summed E-state index contributed by atoms with van der Waals surface area (Å²) in [7, 11) is 2.03. The lowest BCUT2D eigenvalue weighted by Gasteiger charge is -2.38. The van der Waals surface area contributed by atoms with Crippen LogP contribution in [0.1, 0.15) is 42.6 Å². The fraction of sp³-hybridized carbons (Fsp3) is 0.556. The second-order valence-corrected chi connectivity index (χ2v) is 10.9. The summed E-state index contributed by atoms with van der Waals surface area (Å²) in [5.74, 6) is -0.107. The summed E-state index contributed by atoms with van der Waals surface area (Å²) in [6, 6.07) is 11.0. The Balaban J connectivity index is 1.50. The molecule has 35 heavy (non-hydrogen) atoms. The molecule has 2 aliphatic rings. The van der Waals surface area contributed by atoms with Crippen LogP contribution in [0, 0.1) is 6.92 Å². The van der Waals surface area contributed by atoms with Crippen molar-refractivity contribution in [1.29, 1.82) is 0 Å². The minimum Gasteiger partial charge on any atom is -0.378 e. The highest BCUT2D eigenvalue weighted by molar-refractivity contribution is 7.20. The zero-order valence-corrected chi connectivity index (χ0v) is 22.2. The van der Waals surface area contributed by atoms with Crippen molar-refractivity contribution in [3.63, 3.8) is 0 Å². The summed E-state index contributed by atoms with van der Waals surface area (Å²) in [5.41, 5.74) is 2.58. The van der Waals surface area contributed by atoms with E-state index >= 15 is 0 Å². The van der Waals surface area contributed by atoms with E-state index in [-0.39, 0.29) is 11.8 Å². The lowest BCUT2D eigenvalue weighted by Crippen LogP contribution is -2.47. The van der Waals surface area contributed by atoms with Crippen LogP contribution in [-0.4, -0.2) is 91.6 Å². The number of benzene rings is 1. The van der Waals surface area contributed by atoms with Crippen molar-refractivity contribution < 1.29 is 14.3 Å². The fourth-order valence-electron chi connectivity index (χ4n) is 5.01. The Morgan fingerprint density at radius 1 is 1.11 bits per heavy atom. The summed E-state index contributed by atoms with van der Waals surface area (Å²) in [6.45, 7) is 11.1. The standard InChI is InChI=1S/C27H38N4O3S/c1-19(2)30-12-10-22(11-13-30)29(4)18-23(32)28-26-24(27(33)31-14-16-34-17-15-31)20(3)25(35-26)21-8-6-5-7-9-21/h5-9,19,22H,10-18H2,1-4H3,(H,28,32). The Hall–Kier alpha value is -2.26. The molecule has 7 nitrogen and oxygen atoms in total. The number of nitrogens with one attached hydrogen (secondary N) is 1. The molecule has 2 aromatic rings. The van der Waals surface area contributed by atoms with Gasteiger partial charge in [0.1, 0.15) is 5.00 Å². The van der Waals surface area contributed by atoms with Crippen LogP contribution in [0.3, 0.4) is 0 Å². The van der Waals surface area contributed by atoms with Crippen LogP contribution >= 0.6 is 11.3 Å². The lowest BCUT2D eigenvalue weighted by atomic mass is 10.0. The van der Waals surface area contributed by atoms with Crippen LogP contribution in [0.15, 0.2) is 30.3 Å². The van der Waals surface area contributed by atoms with E-state index in [9.17, 15) is 9.59 Å². The van der Waals surface area contributed by atoms with E-state index < -0.39 is 0 Å². The largest absolute Gasteiger partial charge is 0.378 e. The monoisotopic (exact) mass is 498 g/mol. The number of carbonyl (C=O) groups excluding carboxylic acids is 2. The van der Waals surface area contributed by atoms with Gasteiger partial charge in [-0.3, -0.25) is 14.5 Å². The van der Waals surface area contributed by atoms with E-state index in [2.05, 4.69) is 29.0 Å². The molecule has 0 unspecified atom stereocenters. The molecule has 0 saturated carbocycles. The van der Waals surface area contributed by atoms with Crippen LogP contribution < -0.4 is 5.32 Å². The van der Waals surface area contributed by atoms with Crippen LogP contribution in [0.25, 0.3) is 10.4 Å². The molecule has 0 atom stereocenters. The van der Waals surface area contributed by atoms with Gasteiger partial charge in [0.25, 0.3) is 5.91 Å². The van der Waals surface area contributed by atoms with E-state index in [0.717, 1.165) is 41.9 Å². The maximum Gasteiger partial charge on any atom is 0.257 e. The highest BCUT2D eigenvalue weighted by Gasteiger charge is 2.29. The minimum atomic E-state index is -0.0734. The third-order valence-electron chi connectivity index (χ3n) is 7.19. The van der Waals surface area contributed by atoms with Crippen molar-refractivity contribution in [2.45, 2.75) is 45.7 Å². The Morgan fingerprint density at radius 2 is 1.77 bits per heavy atom. The molecule has 0 aliphatic carbocycles. The zero-order chi connectivity index (χ0) is 24.9. The average molecular weight is 499 g/mol. The zero-order valence-electron chi connectivity index (χ0n) is 21.4. The maximum atomic E-state index is 13.5. The van der Waals surface area contributed by atoms with E-state index in [1.54, 1.807) is 0 Å². The minimum absolute atomic E-state index is 0.0334. The molecule has 1 aromatic carbocycles. The Morgan fingerprint density at radius 3 is 2.40 bits per heavy atom. The van der Waals surface area contributed by atoms with Crippen molar-refractivity contribution in [1.82, 2.24) is 14.7 Å². The second-order valence-electron chi connectivity index (χ2n) is 9.86. The van der Waals surface area contributed by atoms with E-state index in [4.69, 9.17) is 4.74 Å². The van der Waals surface area contributed by atoms with Gasteiger partial charge in [0.05, 0.1) is 25.3 Å². The molecule has 1 aromatic heterocycles. The highest BCUT2D eigenvalue weighted by Crippen LogP contribution is 2.40. The number of rotatable bonds is 7. The van der Waals surface area contributed by atoms with Crippen molar-refractivity contribution >= 4 is 28.2 Å². The number of nitrogens with zero attached hydrogens (tertiary/aromatic N) is 3. The predicted octanol–water partition coefficient (Wildman–Crippen LogP) is 3.94. The molecule has 0 spiro atoms. The summed E-state index contributed by atoms with van der Waals surface area (Å²) >= 11 is 1.49. The van der Waals surface area contributed by atoms with Crippen molar-refractivity contribution in [2.75, 3.05) is 58.3 Å². The first-order valence-corrected chi connectivity index (χ1v) is 13.5. The molecule has 2 aliphatic heterocycles. The Bertz CT molecular complexity index is 1010. The molecular formula is C27H38N4O3S. The van der Waals surface area contributed by atoms with Gasteiger partial charge in [-0.2, -0.15) is 0 Å². The third kappa shape index (κ3) is 6.12. The van der Waals surface area contributed by atoms with Gasteiger partial charge in [0.2, 0.25) is 5.91 Å². The Labute approximate surface area is 213 Å². The summed E-state index contributed by atoms with van der Waals surface area (Å²) in [5, 5.41) is 3.75. The SMILES string of the molecule is Cc1c(-c2ccccc2)sc(NC(=O)CN(C)C2CCN(C(C)C)CC2)c1C(=O)N1CCOCC1. The molecule has 2 saturated heterocycles. The van der Waals surface area contributed by atoms with Gasteiger partial charge in [0.15, 0.2) is 0 Å². The van der Waals surface area contributed by atoms with Gasteiger partial charge < -0.3 is 19.9 Å². The third-order valence-corrected chi connectivity index (χ3v) is 8.45. The number of hydrogen-bond acceptors (Lipinski definition) is 6. The van der Waals surface area contributed by atoms with Gasteiger partial charge in [-0.25, -0.2) is 0 Å². The molecule has 4 rings (SSSR count). The number of amides is 2. The van der Waals surface area contributed by atoms with Gasteiger partial charge in [0, 0.05) is 30.1 Å². The van der Waals surface area contributed by atoms with Crippen molar-refractivity contribution in [2.24, 2.45) is 0 Å². The van der Waals surface area contributed by atoms with Gasteiger partial charge >= 0.3 is 0 Å². The highest BCUT2D eigenvalue weighted by atomic mass is 32.1. The number of hydrogen-bond donors (Lipinski definition) is 1. The van der Waals surface area contributed by atoms with Crippen LogP contribution in [0.2, 0.25) is 0 Å². The van der Waals surface area contributed by atoms with Gasteiger partial charge in [-0.15, -0.1) is 11.3 Å². The van der Waals surface area contributed by atoms with E-state index in [1.165, 1.54) is 11.3 Å². The number of likely N-dealkylation sites (N-methyl/N-ethyl adjacent to an activating group) is 1. The molecular weight excluding hydrogens is 460 g/mol. The number of morpholine rings is 1. The molecule has 0 bridgehead atoms. The first-order chi connectivity index (χ1) is 16.8.